The first-order valence-electron chi connectivity index (χ1n) is 9.62. The fourth-order valence-electron chi connectivity index (χ4n) is 2.81. The van der Waals surface area contributed by atoms with Gasteiger partial charge in [-0.1, -0.05) is 30.3 Å². The lowest BCUT2D eigenvalue weighted by atomic mass is 10.1. The number of esters is 1. The van der Waals surface area contributed by atoms with Gasteiger partial charge >= 0.3 is 5.97 Å². The zero-order valence-corrected chi connectivity index (χ0v) is 16.9. The Morgan fingerprint density at radius 3 is 2.16 bits per heavy atom. The molecule has 7 nitrogen and oxygen atoms in total. The van der Waals surface area contributed by atoms with E-state index in [-0.39, 0.29) is 24.5 Å². The van der Waals surface area contributed by atoms with Crippen molar-refractivity contribution < 1.29 is 33.4 Å². The van der Waals surface area contributed by atoms with E-state index in [1.165, 1.54) is 41.3 Å². The van der Waals surface area contributed by atoms with Crippen LogP contribution in [0.4, 0.5) is 10.1 Å². The molecule has 3 aromatic rings. The topological polar surface area (TPSA) is 96.0 Å². The summed E-state index contributed by atoms with van der Waals surface area (Å²) in [5.41, 5.74) is 1.32. The highest BCUT2D eigenvalue weighted by Crippen LogP contribution is 2.22. The zero-order valence-electron chi connectivity index (χ0n) is 16.9. The molecule has 0 spiro atoms. The second-order valence-electron chi connectivity index (χ2n) is 6.70. The largest absolute Gasteiger partial charge is 0.546 e. The van der Waals surface area contributed by atoms with Crippen LogP contribution in [0.2, 0.25) is 0 Å². The first kappa shape index (κ1) is 22.5. The molecular formula is C24H19FNO6-. The molecule has 3 rings (SSSR count). The van der Waals surface area contributed by atoms with Crippen molar-refractivity contribution in [3.8, 4) is 5.75 Å². The number of carbonyl (C=O) groups is 3. The molecule has 0 aliphatic rings. The van der Waals surface area contributed by atoms with Crippen molar-refractivity contribution in [2.75, 3.05) is 18.1 Å². The van der Waals surface area contributed by atoms with Gasteiger partial charge in [0.15, 0.2) is 0 Å². The normalized spacial score (nSPS) is 10.3. The minimum Gasteiger partial charge on any atom is -0.546 e. The number of carbonyl (C=O) groups excluding carboxylic acids is 3. The first-order chi connectivity index (χ1) is 15.4. The lowest BCUT2D eigenvalue weighted by Gasteiger charge is -2.22. The number of ether oxygens (including phenoxy) is 2. The predicted molar refractivity (Wildman–Crippen MR) is 111 cm³/mol. The average Bonchev–Trinajstić information content (AvgIpc) is 2.81. The standard InChI is InChI=1S/C24H20FNO6/c25-19-8-6-18(7-9-19)24(30)26(14-23(29)32-15-17-4-2-1-3-5-17)20-10-12-21(13-11-20)31-16-22(27)28/h1-13H,14-16H2,(H,27,28)/p-1. The lowest BCUT2D eigenvalue weighted by molar-refractivity contribution is -0.307. The van der Waals surface area contributed by atoms with Crippen LogP contribution in [0.3, 0.4) is 0 Å². The van der Waals surface area contributed by atoms with Crippen LogP contribution in [0.25, 0.3) is 0 Å². The third-order valence-electron chi connectivity index (χ3n) is 4.37. The Hall–Kier alpha value is -4.20. The Kier molecular flexibility index (Phi) is 7.53. The van der Waals surface area contributed by atoms with Gasteiger partial charge in [-0.3, -0.25) is 14.5 Å². The molecule has 3 aromatic carbocycles. The zero-order chi connectivity index (χ0) is 22.9. The first-order valence-corrected chi connectivity index (χ1v) is 9.62. The van der Waals surface area contributed by atoms with Crippen LogP contribution >= 0.6 is 0 Å². The summed E-state index contributed by atoms with van der Waals surface area (Å²) in [5, 5.41) is 10.5. The van der Waals surface area contributed by atoms with Gasteiger partial charge in [0.05, 0.1) is 5.97 Å². The number of benzene rings is 3. The highest BCUT2D eigenvalue weighted by atomic mass is 19.1. The Labute approximate surface area is 183 Å². The molecule has 32 heavy (non-hydrogen) atoms. The summed E-state index contributed by atoms with van der Waals surface area (Å²) in [4.78, 5) is 37.2. The van der Waals surface area contributed by atoms with E-state index < -0.39 is 30.3 Å². The van der Waals surface area contributed by atoms with E-state index in [4.69, 9.17) is 9.47 Å². The number of amides is 1. The van der Waals surface area contributed by atoms with Crippen molar-refractivity contribution in [3.05, 3.63) is 95.8 Å². The van der Waals surface area contributed by atoms with Gasteiger partial charge in [0.25, 0.3) is 5.91 Å². The number of aliphatic carboxylic acids is 1. The van der Waals surface area contributed by atoms with Crippen LogP contribution in [-0.4, -0.2) is 31.0 Å². The smallest absolute Gasteiger partial charge is 0.326 e. The molecule has 0 heterocycles. The second-order valence-corrected chi connectivity index (χ2v) is 6.70. The van der Waals surface area contributed by atoms with Crippen molar-refractivity contribution in [3.63, 3.8) is 0 Å². The minimum absolute atomic E-state index is 0.0499. The Bertz CT molecular complexity index is 1070. The third kappa shape index (κ3) is 6.40. The van der Waals surface area contributed by atoms with Crippen LogP contribution < -0.4 is 14.7 Å². The lowest BCUT2D eigenvalue weighted by Crippen LogP contribution is -2.36. The maximum Gasteiger partial charge on any atom is 0.326 e. The number of nitrogens with zero attached hydrogens (tertiary/aromatic N) is 1. The van der Waals surface area contributed by atoms with Gasteiger partial charge in [-0.15, -0.1) is 0 Å². The second kappa shape index (κ2) is 10.7. The molecule has 8 heteroatoms. The van der Waals surface area contributed by atoms with Crippen LogP contribution in [-0.2, 0) is 20.9 Å². The predicted octanol–water partition coefficient (Wildman–Crippen LogP) is 2.34. The molecule has 0 bridgehead atoms. The Morgan fingerprint density at radius 1 is 0.875 bits per heavy atom. The molecular weight excluding hydrogens is 417 g/mol. The molecule has 1 amide bonds. The molecule has 164 valence electrons. The highest BCUT2D eigenvalue weighted by molar-refractivity contribution is 6.08. The number of hydrogen-bond donors (Lipinski definition) is 0. The van der Waals surface area contributed by atoms with Gasteiger partial charge in [-0.2, -0.15) is 0 Å². The van der Waals surface area contributed by atoms with Gasteiger partial charge in [0, 0.05) is 11.3 Å². The molecule has 0 aromatic heterocycles. The molecule has 0 unspecified atom stereocenters. The SMILES string of the molecule is O=C([O-])COc1ccc(N(CC(=O)OCc2ccccc2)C(=O)c2ccc(F)cc2)cc1. The summed E-state index contributed by atoms with van der Waals surface area (Å²) in [5.74, 6) is -2.79. The van der Waals surface area contributed by atoms with Gasteiger partial charge < -0.3 is 19.4 Å². The van der Waals surface area contributed by atoms with E-state index in [2.05, 4.69) is 0 Å². The molecule has 0 saturated carbocycles. The molecule has 0 saturated heterocycles. The fraction of sp³-hybridized carbons (Fsp3) is 0.125. The van der Waals surface area contributed by atoms with Crippen molar-refractivity contribution in [2.45, 2.75) is 6.61 Å². The van der Waals surface area contributed by atoms with Crippen molar-refractivity contribution in [1.29, 1.82) is 0 Å². The van der Waals surface area contributed by atoms with Crippen molar-refractivity contribution in [1.82, 2.24) is 0 Å². The van der Waals surface area contributed by atoms with Crippen LogP contribution in [0, 0.1) is 5.82 Å². The number of anilines is 1. The van der Waals surface area contributed by atoms with Gasteiger partial charge in [0.2, 0.25) is 0 Å². The van der Waals surface area contributed by atoms with Crippen LogP contribution in [0.5, 0.6) is 5.75 Å². The molecule has 0 atom stereocenters. The average molecular weight is 436 g/mol. The molecule has 0 aliphatic carbocycles. The van der Waals surface area contributed by atoms with Crippen molar-refractivity contribution >= 4 is 23.5 Å². The van der Waals surface area contributed by atoms with Gasteiger partial charge in [0.1, 0.15) is 31.3 Å². The Balaban J connectivity index is 1.77. The van der Waals surface area contributed by atoms with Gasteiger partial charge in [-0.25, -0.2) is 4.39 Å². The molecule has 0 radical (unpaired) electrons. The number of rotatable bonds is 9. The summed E-state index contributed by atoms with van der Waals surface area (Å²) >= 11 is 0. The van der Waals surface area contributed by atoms with E-state index in [1.54, 1.807) is 12.1 Å². The number of hydrogen-bond acceptors (Lipinski definition) is 6. The van der Waals surface area contributed by atoms with E-state index in [9.17, 15) is 23.9 Å². The van der Waals surface area contributed by atoms with E-state index >= 15 is 0 Å². The molecule has 0 fully saturated rings. The van der Waals surface area contributed by atoms with Crippen LogP contribution in [0.1, 0.15) is 15.9 Å². The monoisotopic (exact) mass is 436 g/mol. The summed E-state index contributed by atoms with van der Waals surface area (Å²) in [7, 11) is 0. The maximum absolute atomic E-state index is 13.3. The number of halogens is 1. The van der Waals surface area contributed by atoms with E-state index in [0.29, 0.717) is 5.69 Å². The Morgan fingerprint density at radius 2 is 1.53 bits per heavy atom. The van der Waals surface area contributed by atoms with Crippen molar-refractivity contribution in [2.24, 2.45) is 0 Å². The highest BCUT2D eigenvalue weighted by Gasteiger charge is 2.22. The molecule has 0 aliphatic heterocycles. The third-order valence-corrected chi connectivity index (χ3v) is 4.37. The minimum atomic E-state index is -1.37. The summed E-state index contributed by atoms with van der Waals surface area (Å²) in [6.07, 6.45) is 0. The summed E-state index contributed by atoms with van der Waals surface area (Å²) in [6, 6.07) is 19.9. The quantitative estimate of drug-likeness (QED) is 0.478. The van der Waals surface area contributed by atoms with E-state index in [0.717, 1.165) is 17.7 Å². The number of carboxylic acid groups (broad SMARTS) is 1. The number of carboxylic acids is 1. The van der Waals surface area contributed by atoms with Crippen LogP contribution in [0.15, 0.2) is 78.9 Å². The maximum atomic E-state index is 13.3. The fourth-order valence-corrected chi connectivity index (χ4v) is 2.81. The summed E-state index contributed by atoms with van der Waals surface area (Å²) in [6.45, 7) is -0.958. The summed E-state index contributed by atoms with van der Waals surface area (Å²) < 4.78 is 23.6. The molecule has 0 N–H and O–H groups in total. The van der Waals surface area contributed by atoms with E-state index in [1.807, 2.05) is 18.2 Å². The van der Waals surface area contributed by atoms with Gasteiger partial charge in [-0.05, 0) is 54.1 Å².